The van der Waals surface area contributed by atoms with Crippen molar-refractivity contribution in [3.8, 4) is 5.75 Å². The first-order valence-corrected chi connectivity index (χ1v) is 11.2. The molecule has 3 heterocycles. The second kappa shape index (κ2) is 8.26. The lowest BCUT2D eigenvalue weighted by molar-refractivity contribution is 0.253. The second-order valence-electron chi connectivity index (χ2n) is 8.81. The predicted molar refractivity (Wildman–Crippen MR) is 127 cm³/mol. The lowest BCUT2D eigenvalue weighted by atomic mass is 9.85. The molecule has 0 unspecified atom stereocenters. The Kier molecular flexibility index (Phi) is 5.29. The fourth-order valence-electron chi connectivity index (χ4n) is 4.90. The van der Waals surface area contributed by atoms with Crippen molar-refractivity contribution in [3.63, 3.8) is 0 Å². The third-order valence-electron chi connectivity index (χ3n) is 6.78. The molecule has 0 radical (unpaired) electrons. The molecule has 6 heteroatoms. The van der Waals surface area contributed by atoms with Crippen LogP contribution in [0.15, 0.2) is 64.4 Å². The SMILES string of the molecule is COc1ccc(Cn2ccc3nc4ccn([C@H]5CCCC[C@H]5C)c(=O)c4cc3c2=O)cc1. The smallest absolute Gasteiger partial charge is 0.260 e. The summed E-state index contributed by atoms with van der Waals surface area (Å²) in [5.41, 5.74) is 2.04. The summed E-state index contributed by atoms with van der Waals surface area (Å²) in [6.07, 6.45) is 8.16. The van der Waals surface area contributed by atoms with Crippen molar-refractivity contribution in [3.05, 3.63) is 81.1 Å². The number of ether oxygens (including phenoxy) is 1. The molecule has 4 aromatic rings. The van der Waals surface area contributed by atoms with Crippen LogP contribution in [0, 0.1) is 5.92 Å². The Hall–Kier alpha value is -3.41. The monoisotopic (exact) mass is 429 g/mol. The molecule has 2 atom stereocenters. The van der Waals surface area contributed by atoms with Crippen LogP contribution in [0.25, 0.3) is 21.8 Å². The highest BCUT2D eigenvalue weighted by Crippen LogP contribution is 2.32. The van der Waals surface area contributed by atoms with E-state index in [1.807, 2.05) is 47.2 Å². The molecule has 0 saturated heterocycles. The van der Waals surface area contributed by atoms with Crippen LogP contribution in [0.3, 0.4) is 0 Å². The zero-order valence-electron chi connectivity index (χ0n) is 18.5. The van der Waals surface area contributed by atoms with Gasteiger partial charge in [0.15, 0.2) is 0 Å². The minimum absolute atomic E-state index is 0.0550. The second-order valence-corrected chi connectivity index (χ2v) is 8.81. The summed E-state index contributed by atoms with van der Waals surface area (Å²) in [4.78, 5) is 31.2. The van der Waals surface area contributed by atoms with Gasteiger partial charge in [-0.15, -0.1) is 0 Å². The van der Waals surface area contributed by atoms with Crippen LogP contribution in [0.4, 0.5) is 0 Å². The van der Waals surface area contributed by atoms with E-state index in [4.69, 9.17) is 4.74 Å². The molecule has 0 bridgehead atoms. The van der Waals surface area contributed by atoms with E-state index in [9.17, 15) is 9.59 Å². The van der Waals surface area contributed by atoms with Gasteiger partial charge in [0.1, 0.15) is 5.75 Å². The summed E-state index contributed by atoms with van der Waals surface area (Å²) in [5.74, 6) is 1.24. The van der Waals surface area contributed by atoms with Crippen molar-refractivity contribution in [1.29, 1.82) is 0 Å². The van der Waals surface area contributed by atoms with E-state index >= 15 is 0 Å². The molecular weight excluding hydrogens is 402 g/mol. The van der Waals surface area contributed by atoms with Crippen LogP contribution in [-0.4, -0.2) is 21.2 Å². The summed E-state index contributed by atoms with van der Waals surface area (Å²) in [5, 5.41) is 0.983. The molecule has 6 nitrogen and oxygen atoms in total. The van der Waals surface area contributed by atoms with Gasteiger partial charge in [-0.3, -0.25) is 9.59 Å². The maximum Gasteiger partial charge on any atom is 0.260 e. The van der Waals surface area contributed by atoms with Crippen LogP contribution in [-0.2, 0) is 6.54 Å². The minimum Gasteiger partial charge on any atom is -0.497 e. The number of methoxy groups -OCH3 is 1. The molecule has 5 rings (SSSR count). The van der Waals surface area contributed by atoms with Crippen LogP contribution < -0.4 is 15.9 Å². The summed E-state index contributed by atoms with van der Waals surface area (Å²) in [6, 6.07) is 13.3. The first-order chi connectivity index (χ1) is 15.5. The summed E-state index contributed by atoms with van der Waals surface area (Å²) >= 11 is 0. The number of rotatable bonds is 4. The van der Waals surface area contributed by atoms with Gasteiger partial charge in [0, 0.05) is 18.4 Å². The maximum atomic E-state index is 13.4. The first kappa shape index (κ1) is 20.5. The van der Waals surface area contributed by atoms with Gasteiger partial charge >= 0.3 is 0 Å². The normalized spacial score (nSPS) is 18.8. The molecule has 1 fully saturated rings. The lowest BCUT2D eigenvalue weighted by Crippen LogP contribution is -2.30. The van der Waals surface area contributed by atoms with Crippen molar-refractivity contribution >= 4 is 21.8 Å². The van der Waals surface area contributed by atoms with Gasteiger partial charge in [0.25, 0.3) is 11.1 Å². The van der Waals surface area contributed by atoms with Gasteiger partial charge in [-0.05, 0) is 54.7 Å². The van der Waals surface area contributed by atoms with Gasteiger partial charge in [0.2, 0.25) is 0 Å². The third-order valence-corrected chi connectivity index (χ3v) is 6.78. The Balaban J connectivity index is 1.59. The van der Waals surface area contributed by atoms with E-state index in [0.717, 1.165) is 30.6 Å². The Morgan fingerprint density at radius 2 is 1.62 bits per heavy atom. The first-order valence-electron chi connectivity index (χ1n) is 11.2. The highest BCUT2D eigenvalue weighted by Gasteiger charge is 2.24. The van der Waals surface area contributed by atoms with E-state index in [2.05, 4.69) is 11.9 Å². The topological polar surface area (TPSA) is 66.1 Å². The highest BCUT2D eigenvalue weighted by molar-refractivity contribution is 5.91. The van der Waals surface area contributed by atoms with E-state index in [0.29, 0.717) is 34.3 Å². The van der Waals surface area contributed by atoms with Crippen molar-refractivity contribution < 1.29 is 4.74 Å². The molecule has 1 saturated carbocycles. The minimum atomic E-state index is -0.145. The van der Waals surface area contributed by atoms with Gasteiger partial charge in [0.05, 0.1) is 35.5 Å². The Morgan fingerprint density at radius 3 is 2.34 bits per heavy atom. The summed E-state index contributed by atoms with van der Waals surface area (Å²) in [7, 11) is 1.63. The number of fused-ring (bicyclic) bond motifs is 2. The average Bonchev–Trinajstić information content (AvgIpc) is 2.82. The lowest BCUT2D eigenvalue weighted by Gasteiger charge is -2.30. The van der Waals surface area contributed by atoms with Gasteiger partial charge < -0.3 is 13.9 Å². The highest BCUT2D eigenvalue weighted by atomic mass is 16.5. The Labute approximate surface area is 186 Å². The molecule has 1 aliphatic carbocycles. The number of benzene rings is 1. The van der Waals surface area contributed by atoms with Crippen molar-refractivity contribution in [2.24, 2.45) is 5.92 Å². The van der Waals surface area contributed by atoms with Crippen LogP contribution in [0.5, 0.6) is 5.75 Å². The molecule has 32 heavy (non-hydrogen) atoms. The molecule has 1 aliphatic rings. The number of aromatic nitrogens is 3. The molecule has 0 N–H and O–H groups in total. The van der Waals surface area contributed by atoms with Gasteiger partial charge in [-0.25, -0.2) is 4.98 Å². The van der Waals surface area contributed by atoms with Crippen LogP contribution >= 0.6 is 0 Å². The molecule has 0 aliphatic heterocycles. The van der Waals surface area contributed by atoms with Crippen molar-refractivity contribution in [1.82, 2.24) is 14.1 Å². The molecule has 164 valence electrons. The molecule has 0 amide bonds. The van der Waals surface area contributed by atoms with Crippen molar-refractivity contribution in [2.75, 3.05) is 7.11 Å². The van der Waals surface area contributed by atoms with Crippen LogP contribution in [0.1, 0.15) is 44.2 Å². The largest absolute Gasteiger partial charge is 0.497 e. The number of hydrogen-bond donors (Lipinski definition) is 0. The summed E-state index contributed by atoms with van der Waals surface area (Å²) in [6.45, 7) is 2.66. The Bertz CT molecular complexity index is 1400. The quantitative estimate of drug-likeness (QED) is 0.448. The van der Waals surface area contributed by atoms with E-state index in [1.54, 1.807) is 23.9 Å². The fraction of sp³-hybridized carbons (Fsp3) is 0.346. The zero-order valence-corrected chi connectivity index (χ0v) is 18.5. The zero-order chi connectivity index (χ0) is 22.2. The van der Waals surface area contributed by atoms with Crippen LogP contribution in [0.2, 0.25) is 0 Å². The van der Waals surface area contributed by atoms with E-state index < -0.39 is 0 Å². The Morgan fingerprint density at radius 1 is 0.938 bits per heavy atom. The van der Waals surface area contributed by atoms with E-state index in [1.165, 1.54) is 6.42 Å². The van der Waals surface area contributed by atoms with Gasteiger partial charge in [-0.2, -0.15) is 0 Å². The molecule has 3 aromatic heterocycles. The van der Waals surface area contributed by atoms with Crippen molar-refractivity contribution in [2.45, 2.75) is 45.2 Å². The third kappa shape index (κ3) is 3.60. The fourth-order valence-corrected chi connectivity index (χ4v) is 4.90. The number of hydrogen-bond acceptors (Lipinski definition) is 4. The molecule has 1 aromatic carbocycles. The average molecular weight is 430 g/mol. The summed E-state index contributed by atoms with van der Waals surface area (Å²) < 4.78 is 8.72. The number of nitrogens with zero attached hydrogens (tertiary/aromatic N) is 3. The number of pyridine rings is 3. The molecular formula is C26H27N3O3. The van der Waals surface area contributed by atoms with Gasteiger partial charge in [-0.1, -0.05) is 31.9 Å². The standard InChI is InChI=1S/C26H27N3O3/c1-17-5-3-4-6-24(17)29-14-12-23-21(26(29)31)15-20-22(27-23)11-13-28(25(20)30)16-18-7-9-19(32-2)10-8-18/h7-15,17,24H,3-6,16H2,1-2H3/t17-,24+/m1/s1. The predicted octanol–water partition coefficient (Wildman–Crippen LogP) is 4.52. The maximum absolute atomic E-state index is 13.4. The van der Waals surface area contributed by atoms with E-state index in [-0.39, 0.29) is 17.2 Å². The molecule has 0 spiro atoms.